The zero-order chi connectivity index (χ0) is 23.0. The molecule has 0 aliphatic heterocycles. The molecule has 0 spiro atoms. The number of ether oxygens (including phenoxy) is 1. The molecule has 0 saturated carbocycles. The number of halogens is 8. The van der Waals surface area contributed by atoms with E-state index in [2.05, 4.69) is 14.7 Å². The van der Waals surface area contributed by atoms with Crippen LogP contribution in [0.1, 0.15) is 12.5 Å². The molecule has 0 unspecified atom stereocenters. The predicted molar refractivity (Wildman–Crippen MR) is 86.7 cm³/mol. The van der Waals surface area contributed by atoms with E-state index in [1.165, 1.54) is 6.92 Å². The minimum atomic E-state index is -5.83. The van der Waals surface area contributed by atoms with Crippen LogP contribution >= 0.6 is 0 Å². The van der Waals surface area contributed by atoms with Crippen LogP contribution in [0.4, 0.5) is 35.1 Å². The molecule has 0 aromatic carbocycles. The third-order valence-electron chi connectivity index (χ3n) is 3.71. The molecule has 0 bridgehead atoms. The molecule has 0 N–H and O–H groups in total. The van der Waals surface area contributed by atoms with Crippen molar-refractivity contribution in [3.8, 4) is 17.1 Å². The fraction of sp³-hybridized carbons (Fsp3) is 0.375. The molecular formula is C16H12F8N2O3S. The molecule has 5 nitrogen and oxygen atoms in total. The summed E-state index contributed by atoms with van der Waals surface area (Å²) in [5, 5.41) is 0. The third kappa shape index (κ3) is 5.15. The molecule has 166 valence electrons. The molecule has 30 heavy (non-hydrogen) atoms. The summed E-state index contributed by atoms with van der Waals surface area (Å²) in [5.74, 6) is -6.17. The van der Waals surface area contributed by atoms with E-state index in [0.29, 0.717) is 18.5 Å². The van der Waals surface area contributed by atoms with E-state index in [4.69, 9.17) is 0 Å². The predicted octanol–water partition coefficient (Wildman–Crippen LogP) is 4.53. The summed E-state index contributed by atoms with van der Waals surface area (Å²) in [6.45, 7) is -0.823. The number of sulfone groups is 1. The van der Waals surface area contributed by atoms with Gasteiger partial charge in [0.15, 0.2) is 16.4 Å². The first-order chi connectivity index (χ1) is 13.6. The van der Waals surface area contributed by atoms with Crippen LogP contribution < -0.4 is 4.74 Å². The molecular weight excluding hydrogens is 452 g/mol. The summed E-state index contributed by atoms with van der Waals surface area (Å²) >= 11 is 0. The van der Waals surface area contributed by atoms with Crippen molar-refractivity contribution in [1.29, 1.82) is 0 Å². The lowest BCUT2D eigenvalue weighted by Crippen LogP contribution is -2.41. The standard InChI is InChI=1S/C16H12F8N2O3S/c1-2-30(27,28)12-5-9(15(19,20)21)6-26-13(12)11-4-3-10(7-25-11)29-8-14(17,18)16(22,23)24/h3-7H,2,8H2,1H3. The van der Waals surface area contributed by atoms with E-state index in [0.717, 1.165) is 12.1 Å². The fourth-order valence-corrected chi connectivity index (χ4v) is 3.12. The number of aromatic nitrogens is 2. The maximum atomic E-state index is 12.9. The molecule has 0 aliphatic rings. The van der Waals surface area contributed by atoms with Gasteiger partial charge in [0.2, 0.25) is 0 Å². The Kier molecular flexibility index (Phi) is 6.31. The van der Waals surface area contributed by atoms with Gasteiger partial charge in [0.05, 0.1) is 28.1 Å². The maximum Gasteiger partial charge on any atom is 0.456 e. The van der Waals surface area contributed by atoms with Crippen molar-refractivity contribution in [2.45, 2.75) is 30.1 Å². The molecule has 0 aliphatic carbocycles. The minimum Gasteiger partial charge on any atom is -0.485 e. The second kappa shape index (κ2) is 7.96. The molecule has 14 heteroatoms. The zero-order valence-electron chi connectivity index (χ0n) is 14.9. The van der Waals surface area contributed by atoms with Gasteiger partial charge in [-0.25, -0.2) is 8.42 Å². The highest BCUT2D eigenvalue weighted by Gasteiger charge is 2.58. The number of nitrogens with zero attached hydrogens (tertiary/aromatic N) is 2. The summed E-state index contributed by atoms with van der Waals surface area (Å²) in [6, 6.07) is 2.25. The second-order valence-corrected chi connectivity index (χ2v) is 8.09. The van der Waals surface area contributed by atoms with Crippen molar-refractivity contribution in [3.63, 3.8) is 0 Å². The first kappa shape index (κ1) is 23.8. The monoisotopic (exact) mass is 464 g/mol. The highest BCUT2D eigenvalue weighted by atomic mass is 32.2. The smallest absolute Gasteiger partial charge is 0.456 e. The molecule has 0 fully saturated rings. The minimum absolute atomic E-state index is 0.259. The Morgan fingerprint density at radius 1 is 0.967 bits per heavy atom. The molecule has 0 radical (unpaired) electrons. The molecule has 2 heterocycles. The van der Waals surface area contributed by atoms with E-state index in [9.17, 15) is 43.5 Å². The van der Waals surface area contributed by atoms with Crippen LogP contribution in [-0.4, -0.2) is 42.8 Å². The molecule has 2 rings (SSSR count). The van der Waals surface area contributed by atoms with Gasteiger partial charge in [-0.3, -0.25) is 9.97 Å². The van der Waals surface area contributed by atoms with E-state index in [1.54, 1.807) is 0 Å². The van der Waals surface area contributed by atoms with E-state index in [1.807, 2.05) is 0 Å². The largest absolute Gasteiger partial charge is 0.485 e. The van der Waals surface area contributed by atoms with Crippen molar-refractivity contribution in [1.82, 2.24) is 9.97 Å². The zero-order valence-corrected chi connectivity index (χ0v) is 15.7. The average molecular weight is 464 g/mol. The van der Waals surface area contributed by atoms with Crippen LogP contribution in [0.15, 0.2) is 35.5 Å². The van der Waals surface area contributed by atoms with Crippen LogP contribution in [0, 0.1) is 0 Å². The summed E-state index contributed by atoms with van der Waals surface area (Å²) in [4.78, 5) is 6.40. The number of alkyl halides is 8. The Bertz CT molecular complexity index is 1000. The third-order valence-corrected chi connectivity index (χ3v) is 5.45. The first-order valence-corrected chi connectivity index (χ1v) is 9.57. The lowest BCUT2D eigenvalue weighted by atomic mass is 10.2. The summed E-state index contributed by atoms with van der Waals surface area (Å²) < 4.78 is 130. The molecule has 2 aromatic rings. The first-order valence-electron chi connectivity index (χ1n) is 7.92. The van der Waals surface area contributed by atoms with Crippen molar-refractivity contribution in [2.75, 3.05) is 12.4 Å². The lowest BCUT2D eigenvalue weighted by Gasteiger charge is -2.19. The van der Waals surface area contributed by atoms with Gasteiger partial charge in [-0.2, -0.15) is 35.1 Å². The topological polar surface area (TPSA) is 69.2 Å². The van der Waals surface area contributed by atoms with Gasteiger partial charge in [-0.1, -0.05) is 6.92 Å². The summed E-state index contributed by atoms with van der Waals surface area (Å²) in [7, 11) is -4.17. The highest BCUT2D eigenvalue weighted by molar-refractivity contribution is 7.91. The van der Waals surface area contributed by atoms with Gasteiger partial charge in [0.1, 0.15) is 11.4 Å². The van der Waals surface area contributed by atoms with Gasteiger partial charge in [-0.15, -0.1) is 0 Å². The second-order valence-electron chi connectivity index (χ2n) is 5.84. The SMILES string of the molecule is CCS(=O)(=O)c1cc(C(F)(F)F)cnc1-c1ccc(OCC(F)(F)C(F)(F)F)cn1. The number of rotatable bonds is 6. The molecule has 0 amide bonds. The maximum absolute atomic E-state index is 12.9. The highest BCUT2D eigenvalue weighted by Crippen LogP contribution is 2.36. The number of hydrogen-bond acceptors (Lipinski definition) is 5. The summed E-state index contributed by atoms with van der Waals surface area (Å²) in [6.07, 6.45) is -9.59. The molecule has 0 atom stereocenters. The van der Waals surface area contributed by atoms with Crippen LogP contribution in [0.25, 0.3) is 11.4 Å². The number of pyridine rings is 2. The van der Waals surface area contributed by atoms with Crippen LogP contribution in [0.5, 0.6) is 5.75 Å². The van der Waals surface area contributed by atoms with Gasteiger partial charge >= 0.3 is 18.3 Å². The van der Waals surface area contributed by atoms with Crippen molar-refractivity contribution in [3.05, 3.63) is 36.2 Å². The van der Waals surface area contributed by atoms with Gasteiger partial charge < -0.3 is 4.74 Å². The van der Waals surface area contributed by atoms with Crippen LogP contribution in [-0.2, 0) is 16.0 Å². The van der Waals surface area contributed by atoms with Gasteiger partial charge in [0, 0.05) is 6.20 Å². The van der Waals surface area contributed by atoms with Crippen molar-refractivity contribution in [2.24, 2.45) is 0 Å². The summed E-state index contributed by atoms with van der Waals surface area (Å²) in [5.41, 5.74) is -2.02. The Morgan fingerprint density at radius 3 is 2.07 bits per heavy atom. The van der Waals surface area contributed by atoms with Crippen molar-refractivity contribution < 1.29 is 48.3 Å². The Balaban J connectivity index is 2.38. The Hall–Kier alpha value is -2.51. The van der Waals surface area contributed by atoms with Crippen molar-refractivity contribution >= 4 is 9.84 Å². The lowest BCUT2D eigenvalue weighted by molar-refractivity contribution is -0.290. The van der Waals surface area contributed by atoms with E-state index >= 15 is 0 Å². The van der Waals surface area contributed by atoms with E-state index in [-0.39, 0.29) is 5.69 Å². The number of hydrogen-bond donors (Lipinski definition) is 0. The van der Waals surface area contributed by atoms with Crippen LogP contribution in [0.2, 0.25) is 0 Å². The normalized spacial score (nSPS) is 13.4. The quantitative estimate of drug-likeness (QED) is 0.588. The Labute approximate surface area is 164 Å². The molecule has 2 aromatic heterocycles. The Morgan fingerprint density at radius 2 is 1.60 bits per heavy atom. The van der Waals surface area contributed by atoms with Gasteiger partial charge in [0.25, 0.3) is 0 Å². The fourth-order valence-electron chi connectivity index (χ4n) is 2.05. The molecule has 0 saturated heterocycles. The van der Waals surface area contributed by atoms with Gasteiger partial charge in [-0.05, 0) is 18.2 Å². The van der Waals surface area contributed by atoms with Crippen LogP contribution in [0.3, 0.4) is 0 Å². The van der Waals surface area contributed by atoms with E-state index < -0.39 is 62.4 Å². The average Bonchev–Trinajstić information content (AvgIpc) is 2.65.